The van der Waals surface area contributed by atoms with E-state index in [1.54, 1.807) is 0 Å². The van der Waals surface area contributed by atoms with Crippen LogP contribution in [0.5, 0.6) is 0 Å². The monoisotopic (exact) mass is 673 g/mol. The minimum Gasteiger partial charge on any atom is -0.247 e. The third kappa shape index (κ3) is 4.31. The molecule has 3 nitrogen and oxygen atoms in total. The topological polar surface area (TPSA) is 38.7 Å². The molecule has 3 heteroatoms. The van der Waals surface area contributed by atoms with Crippen LogP contribution in [0.1, 0.15) is 22.3 Å². The molecule has 246 valence electrons. The Balaban J connectivity index is 1.14. The molecule has 0 atom stereocenters. The number of rotatable bonds is 4. The van der Waals surface area contributed by atoms with Crippen LogP contribution in [-0.4, -0.2) is 15.0 Å². The van der Waals surface area contributed by atoms with Gasteiger partial charge in [-0.2, -0.15) is 0 Å². The fourth-order valence-corrected chi connectivity index (χ4v) is 8.90. The highest BCUT2D eigenvalue weighted by Gasteiger charge is 2.53. The van der Waals surface area contributed by atoms with Gasteiger partial charge in [-0.1, -0.05) is 176 Å². The zero-order chi connectivity index (χ0) is 34.9. The van der Waals surface area contributed by atoms with Gasteiger partial charge in [0.1, 0.15) is 0 Å². The third-order valence-electron chi connectivity index (χ3n) is 11.1. The van der Waals surface area contributed by atoms with Gasteiger partial charge in [0.25, 0.3) is 0 Å². The number of benzene rings is 7. The molecule has 53 heavy (non-hydrogen) atoms. The normalized spacial score (nSPS) is 13.1. The van der Waals surface area contributed by atoms with Crippen molar-refractivity contribution in [1.82, 2.24) is 15.0 Å². The van der Waals surface area contributed by atoms with Gasteiger partial charge in [-0.25, -0.2) is 15.0 Å². The van der Waals surface area contributed by atoms with Crippen LogP contribution in [-0.2, 0) is 5.41 Å². The maximum Gasteiger partial charge on any atom is 0.160 e. The quantitative estimate of drug-likeness (QED) is 0.187. The summed E-state index contributed by atoms with van der Waals surface area (Å²) in [6.07, 6.45) is 0. The molecule has 0 unspecified atom stereocenters. The second kappa shape index (κ2) is 11.5. The van der Waals surface area contributed by atoms with Gasteiger partial charge in [0.2, 0.25) is 0 Å². The van der Waals surface area contributed by atoms with Crippen molar-refractivity contribution in [2.24, 2.45) is 0 Å². The summed E-state index contributed by atoms with van der Waals surface area (Å²) in [4.78, 5) is 15.7. The molecule has 0 saturated carbocycles. The smallest absolute Gasteiger partial charge is 0.160 e. The highest BCUT2D eigenvalue weighted by Crippen LogP contribution is 2.65. The summed E-state index contributed by atoms with van der Waals surface area (Å²) < 4.78 is 0. The first-order chi connectivity index (χ1) is 26.3. The van der Waals surface area contributed by atoms with Crippen molar-refractivity contribution in [2.75, 3.05) is 0 Å². The molecule has 1 spiro atoms. The lowest BCUT2D eigenvalue weighted by atomic mass is 9.69. The van der Waals surface area contributed by atoms with E-state index in [9.17, 15) is 0 Å². The second-order valence-corrected chi connectivity index (χ2v) is 13.9. The van der Waals surface area contributed by atoms with E-state index in [0.717, 1.165) is 44.9 Å². The van der Waals surface area contributed by atoms with Crippen molar-refractivity contribution >= 4 is 10.9 Å². The molecule has 9 aromatic rings. The molecule has 2 aliphatic rings. The Hall–Kier alpha value is -6.97. The molecule has 7 aromatic carbocycles. The lowest BCUT2D eigenvalue weighted by Crippen LogP contribution is -2.26. The molecule has 2 aromatic heterocycles. The molecule has 0 radical (unpaired) electrons. The highest BCUT2D eigenvalue weighted by molar-refractivity contribution is 6.06. The maximum atomic E-state index is 5.46. The van der Waals surface area contributed by atoms with Gasteiger partial charge < -0.3 is 0 Å². The molecule has 0 saturated heterocycles. The summed E-state index contributed by atoms with van der Waals surface area (Å²) >= 11 is 0. The van der Waals surface area contributed by atoms with Crippen LogP contribution in [0.2, 0.25) is 0 Å². The van der Waals surface area contributed by atoms with Crippen LogP contribution in [0.15, 0.2) is 188 Å². The Morgan fingerprint density at radius 2 is 0.830 bits per heavy atom. The number of hydrogen-bond acceptors (Lipinski definition) is 3. The summed E-state index contributed by atoms with van der Waals surface area (Å²) in [5.74, 6) is 0.692. The van der Waals surface area contributed by atoms with Crippen LogP contribution in [0.25, 0.3) is 78.3 Å². The summed E-state index contributed by atoms with van der Waals surface area (Å²) in [7, 11) is 0. The summed E-state index contributed by atoms with van der Waals surface area (Å²) in [5.41, 5.74) is 17.7. The summed E-state index contributed by atoms with van der Waals surface area (Å²) in [6, 6.07) is 67.0. The van der Waals surface area contributed by atoms with Crippen LogP contribution >= 0.6 is 0 Å². The van der Waals surface area contributed by atoms with E-state index in [-0.39, 0.29) is 0 Å². The fourth-order valence-electron chi connectivity index (χ4n) is 8.90. The van der Waals surface area contributed by atoms with Gasteiger partial charge in [-0.15, -0.1) is 0 Å². The van der Waals surface area contributed by atoms with Crippen LogP contribution in [0.4, 0.5) is 0 Å². The third-order valence-corrected chi connectivity index (χ3v) is 11.1. The van der Waals surface area contributed by atoms with E-state index in [4.69, 9.17) is 15.0 Å². The molecule has 11 rings (SSSR count). The van der Waals surface area contributed by atoms with Gasteiger partial charge in [0.15, 0.2) is 5.82 Å². The van der Waals surface area contributed by atoms with Crippen LogP contribution in [0, 0.1) is 0 Å². The zero-order valence-corrected chi connectivity index (χ0v) is 28.7. The lowest BCUT2D eigenvalue weighted by molar-refractivity contribution is 0.801. The minimum absolute atomic E-state index is 0.462. The zero-order valence-electron chi connectivity index (χ0n) is 28.7. The Morgan fingerprint density at radius 3 is 1.43 bits per heavy atom. The van der Waals surface area contributed by atoms with Crippen molar-refractivity contribution in [3.8, 4) is 67.4 Å². The maximum absolute atomic E-state index is 5.46. The Bertz CT molecular complexity index is 2770. The number of nitrogens with zero attached hydrogens (tertiary/aromatic N) is 3. The number of aromatic nitrogens is 3. The molecular formula is C50H31N3. The molecule has 2 heterocycles. The molecule has 0 bridgehead atoms. The lowest BCUT2D eigenvalue weighted by Gasteiger charge is -2.31. The minimum atomic E-state index is -0.462. The molecule has 0 aliphatic heterocycles. The van der Waals surface area contributed by atoms with E-state index < -0.39 is 5.41 Å². The number of para-hydroxylation sites is 1. The average molecular weight is 674 g/mol. The van der Waals surface area contributed by atoms with Crippen molar-refractivity contribution in [2.45, 2.75) is 5.41 Å². The van der Waals surface area contributed by atoms with Crippen molar-refractivity contribution < 1.29 is 0 Å². The summed E-state index contributed by atoms with van der Waals surface area (Å²) in [6.45, 7) is 0. The number of hydrogen-bond donors (Lipinski definition) is 0. The summed E-state index contributed by atoms with van der Waals surface area (Å²) in [5, 5.41) is 1.19. The Labute approximate surface area is 308 Å². The van der Waals surface area contributed by atoms with E-state index >= 15 is 0 Å². The van der Waals surface area contributed by atoms with E-state index in [1.807, 2.05) is 36.4 Å². The fraction of sp³-hybridized carbons (Fsp3) is 0.0200. The molecule has 0 N–H and O–H groups in total. The predicted molar refractivity (Wildman–Crippen MR) is 215 cm³/mol. The van der Waals surface area contributed by atoms with Crippen molar-refractivity contribution in [1.29, 1.82) is 0 Å². The molecule has 2 aliphatic carbocycles. The highest BCUT2D eigenvalue weighted by atomic mass is 14.9. The SMILES string of the molecule is c1ccc(-c2cc(-c3ccccc3)nc(-c3ccc(-c4nc5ccccc5c5c4-c4ccccc4C54c5ccccc5-c5ccccc54)cc3)n2)cc1. The Kier molecular flexibility index (Phi) is 6.47. The first kappa shape index (κ1) is 29.7. The van der Waals surface area contributed by atoms with Crippen LogP contribution < -0.4 is 0 Å². The van der Waals surface area contributed by atoms with Crippen molar-refractivity contribution in [3.05, 3.63) is 210 Å². The van der Waals surface area contributed by atoms with Gasteiger partial charge in [0.05, 0.1) is 28.0 Å². The van der Waals surface area contributed by atoms with E-state index in [0.29, 0.717) is 5.82 Å². The van der Waals surface area contributed by atoms with Gasteiger partial charge in [-0.3, -0.25) is 0 Å². The van der Waals surface area contributed by atoms with Gasteiger partial charge >= 0.3 is 0 Å². The molecular weight excluding hydrogens is 643 g/mol. The predicted octanol–water partition coefficient (Wildman–Crippen LogP) is 12.0. The standard InChI is InChI=1S/C50H31N3/c1-3-15-32(16-4-1)44-31-45(33-17-5-2-6-18-33)53-49(52-44)35-29-27-34(28-30-35)48-46-38-21-9-13-25-42(38)50(47(46)39-22-10-14-26-43(39)51-48)40-23-11-7-19-36(40)37-20-8-12-24-41(37)50/h1-31H. The van der Waals surface area contributed by atoms with Gasteiger partial charge in [0, 0.05) is 33.2 Å². The number of fused-ring (bicyclic) bond motifs is 12. The molecule has 0 fully saturated rings. The average Bonchev–Trinajstić information content (AvgIpc) is 3.72. The molecule has 0 amide bonds. The van der Waals surface area contributed by atoms with Crippen LogP contribution in [0.3, 0.4) is 0 Å². The second-order valence-electron chi connectivity index (χ2n) is 13.9. The number of pyridine rings is 1. The van der Waals surface area contributed by atoms with E-state index in [1.165, 1.54) is 49.9 Å². The van der Waals surface area contributed by atoms with E-state index in [2.05, 4.69) is 152 Å². The first-order valence-corrected chi connectivity index (χ1v) is 18.1. The van der Waals surface area contributed by atoms with Crippen molar-refractivity contribution in [3.63, 3.8) is 0 Å². The largest absolute Gasteiger partial charge is 0.247 e. The Morgan fingerprint density at radius 1 is 0.358 bits per heavy atom. The first-order valence-electron chi connectivity index (χ1n) is 18.1. The van der Waals surface area contributed by atoms with Gasteiger partial charge in [-0.05, 0) is 51.1 Å².